The Balaban J connectivity index is 2.30. The highest BCUT2D eigenvalue weighted by molar-refractivity contribution is 6.89. The molecule has 2 heteroatoms. The minimum absolute atomic E-state index is 1.12. The van der Waals surface area contributed by atoms with Gasteiger partial charge in [0.1, 0.15) is 0 Å². The van der Waals surface area contributed by atoms with Gasteiger partial charge in [-0.25, -0.2) is 0 Å². The van der Waals surface area contributed by atoms with E-state index in [9.17, 15) is 0 Å². The van der Waals surface area contributed by atoms with Crippen molar-refractivity contribution in [1.82, 2.24) is 4.98 Å². The predicted octanol–water partition coefficient (Wildman–Crippen LogP) is 5.73. The molecule has 1 aromatic carbocycles. The van der Waals surface area contributed by atoms with Crippen LogP contribution < -0.4 is 5.19 Å². The molecule has 23 heavy (non-hydrogen) atoms. The molecule has 0 fully saturated rings. The number of benzene rings is 1. The highest BCUT2D eigenvalue weighted by atomic mass is 28.3. The molecule has 0 N–H and O–H groups in total. The number of aromatic nitrogens is 1. The van der Waals surface area contributed by atoms with Crippen molar-refractivity contribution >= 4 is 13.3 Å². The number of hydrogen-bond acceptors (Lipinski definition) is 1. The maximum absolute atomic E-state index is 4.78. The summed E-state index contributed by atoms with van der Waals surface area (Å²) in [4.78, 5) is 4.78. The fraction of sp³-hybridized carbons (Fsp3) is 0.476. The topological polar surface area (TPSA) is 12.9 Å². The second kappa shape index (κ2) is 7.92. The molecule has 124 valence electrons. The molecule has 1 nitrogen and oxygen atoms in total. The lowest BCUT2D eigenvalue weighted by Gasteiger charge is -2.21. The van der Waals surface area contributed by atoms with Crippen molar-refractivity contribution < 1.29 is 0 Å². The summed E-state index contributed by atoms with van der Waals surface area (Å²) < 4.78 is 0. The summed E-state index contributed by atoms with van der Waals surface area (Å²) in [7, 11) is -1.34. The molecule has 0 atom stereocenters. The standard InChI is InChI=1S/C21H31NSi/c1-6-7-8-9-10-19-15-20(18-13-11-17(2)12-14-18)22-16-21(19)23(3,4)5/h11-16H,6-10H2,1-5H3. The molecule has 0 spiro atoms. The van der Waals surface area contributed by atoms with E-state index in [2.05, 4.69) is 70.0 Å². The van der Waals surface area contributed by atoms with Crippen molar-refractivity contribution in [3.8, 4) is 11.3 Å². The van der Waals surface area contributed by atoms with Gasteiger partial charge in [0, 0.05) is 11.8 Å². The Morgan fingerprint density at radius 2 is 1.65 bits per heavy atom. The molecule has 0 aliphatic carbocycles. The van der Waals surface area contributed by atoms with Crippen LogP contribution in [0, 0.1) is 6.92 Å². The van der Waals surface area contributed by atoms with Crippen LogP contribution in [0.1, 0.15) is 43.7 Å². The summed E-state index contributed by atoms with van der Waals surface area (Å²) in [5, 5.41) is 1.53. The van der Waals surface area contributed by atoms with E-state index in [-0.39, 0.29) is 0 Å². The first-order valence-electron chi connectivity index (χ1n) is 8.98. The fourth-order valence-corrected chi connectivity index (χ4v) is 4.62. The number of rotatable bonds is 7. The van der Waals surface area contributed by atoms with Crippen LogP contribution in [0.15, 0.2) is 36.5 Å². The van der Waals surface area contributed by atoms with E-state index in [1.165, 1.54) is 54.0 Å². The monoisotopic (exact) mass is 325 g/mol. The summed E-state index contributed by atoms with van der Waals surface area (Å²) >= 11 is 0. The summed E-state index contributed by atoms with van der Waals surface area (Å²) in [5.74, 6) is 0. The van der Waals surface area contributed by atoms with Gasteiger partial charge in [0.25, 0.3) is 0 Å². The van der Waals surface area contributed by atoms with E-state index in [1.54, 1.807) is 0 Å². The molecule has 0 aliphatic rings. The Morgan fingerprint density at radius 3 is 2.26 bits per heavy atom. The lowest BCUT2D eigenvalue weighted by molar-refractivity contribution is 0.667. The molecule has 0 saturated heterocycles. The van der Waals surface area contributed by atoms with Gasteiger partial charge in [0.2, 0.25) is 0 Å². The van der Waals surface area contributed by atoms with Crippen molar-refractivity contribution in [2.24, 2.45) is 0 Å². The second-order valence-corrected chi connectivity index (χ2v) is 12.7. The van der Waals surface area contributed by atoms with Gasteiger partial charge in [-0.1, -0.05) is 75.7 Å². The van der Waals surface area contributed by atoms with Gasteiger partial charge in [0.15, 0.2) is 0 Å². The summed E-state index contributed by atoms with van der Waals surface area (Å²) in [6.45, 7) is 11.7. The molecule has 0 amide bonds. The zero-order valence-electron chi connectivity index (χ0n) is 15.4. The van der Waals surface area contributed by atoms with E-state index in [1.807, 2.05) is 0 Å². The van der Waals surface area contributed by atoms with Crippen molar-refractivity contribution in [3.63, 3.8) is 0 Å². The zero-order valence-corrected chi connectivity index (χ0v) is 16.4. The van der Waals surface area contributed by atoms with Crippen molar-refractivity contribution in [1.29, 1.82) is 0 Å². The maximum Gasteiger partial charge on any atom is 0.0799 e. The molecule has 1 heterocycles. The van der Waals surface area contributed by atoms with Gasteiger partial charge >= 0.3 is 0 Å². The van der Waals surface area contributed by atoms with Gasteiger partial charge in [-0.3, -0.25) is 4.98 Å². The Morgan fingerprint density at radius 1 is 0.957 bits per heavy atom. The van der Waals surface area contributed by atoms with Crippen LogP contribution in [0.25, 0.3) is 11.3 Å². The first kappa shape index (κ1) is 17.9. The molecular formula is C21H31NSi. The van der Waals surface area contributed by atoms with E-state index >= 15 is 0 Å². The average molecular weight is 326 g/mol. The molecule has 0 aliphatic heterocycles. The maximum atomic E-state index is 4.78. The third-order valence-electron chi connectivity index (χ3n) is 4.44. The smallest absolute Gasteiger partial charge is 0.0799 e. The zero-order chi connectivity index (χ0) is 16.9. The van der Waals surface area contributed by atoms with E-state index in [0.717, 1.165) is 5.69 Å². The molecular weight excluding hydrogens is 294 g/mol. The lowest BCUT2D eigenvalue weighted by atomic mass is 10.0. The van der Waals surface area contributed by atoms with Crippen LogP contribution in [-0.2, 0) is 6.42 Å². The molecule has 0 bridgehead atoms. The molecule has 2 aromatic rings. The van der Waals surface area contributed by atoms with Crippen LogP contribution in [0.5, 0.6) is 0 Å². The minimum atomic E-state index is -1.34. The van der Waals surface area contributed by atoms with Crippen LogP contribution in [0.3, 0.4) is 0 Å². The Bertz CT molecular complexity index is 623. The minimum Gasteiger partial charge on any atom is -0.256 e. The lowest BCUT2D eigenvalue weighted by Crippen LogP contribution is -2.40. The second-order valence-electron chi connectivity index (χ2n) is 7.65. The largest absolute Gasteiger partial charge is 0.256 e. The number of nitrogens with zero attached hydrogens (tertiary/aromatic N) is 1. The van der Waals surface area contributed by atoms with Crippen molar-refractivity contribution in [3.05, 3.63) is 47.7 Å². The first-order chi connectivity index (χ1) is 10.9. The number of unbranched alkanes of at least 4 members (excludes halogenated alkanes) is 3. The Hall–Kier alpha value is -1.41. The third kappa shape index (κ3) is 5.03. The van der Waals surface area contributed by atoms with Gasteiger partial charge in [0.05, 0.1) is 13.8 Å². The van der Waals surface area contributed by atoms with Gasteiger partial charge < -0.3 is 0 Å². The number of hydrogen-bond donors (Lipinski definition) is 0. The van der Waals surface area contributed by atoms with Gasteiger partial charge in [-0.2, -0.15) is 0 Å². The van der Waals surface area contributed by atoms with Gasteiger partial charge in [-0.05, 0) is 36.6 Å². The highest BCUT2D eigenvalue weighted by Gasteiger charge is 2.21. The first-order valence-corrected chi connectivity index (χ1v) is 12.5. The van der Waals surface area contributed by atoms with Crippen LogP contribution in [0.2, 0.25) is 19.6 Å². The molecule has 2 rings (SSSR count). The normalized spacial score (nSPS) is 11.7. The predicted molar refractivity (Wildman–Crippen MR) is 105 cm³/mol. The quantitative estimate of drug-likeness (QED) is 0.468. The van der Waals surface area contributed by atoms with Crippen molar-refractivity contribution in [2.45, 2.75) is 65.6 Å². The molecule has 0 unspecified atom stereocenters. The van der Waals surface area contributed by atoms with E-state index in [0.29, 0.717) is 0 Å². The van der Waals surface area contributed by atoms with Gasteiger partial charge in [-0.15, -0.1) is 0 Å². The fourth-order valence-electron chi connectivity index (χ4n) is 3.00. The third-order valence-corrected chi connectivity index (χ3v) is 6.51. The highest BCUT2D eigenvalue weighted by Crippen LogP contribution is 2.20. The Labute approximate surface area is 143 Å². The Kier molecular flexibility index (Phi) is 6.17. The summed E-state index contributed by atoms with van der Waals surface area (Å²) in [5.41, 5.74) is 5.18. The SMILES string of the molecule is CCCCCCc1cc(-c2ccc(C)cc2)ncc1[Si](C)(C)C. The molecule has 0 saturated carbocycles. The average Bonchev–Trinajstić information content (AvgIpc) is 2.51. The van der Waals surface area contributed by atoms with Crippen molar-refractivity contribution in [2.75, 3.05) is 0 Å². The number of aryl methyl sites for hydroxylation is 2. The summed E-state index contributed by atoms with van der Waals surface area (Å²) in [6.07, 6.45) is 8.63. The van der Waals surface area contributed by atoms with Crippen LogP contribution in [0.4, 0.5) is 0 Å². The van der Waals surface area contributed by atoms with E-state index in [4.69, 9.17) is 4.98 Å². The van der Waals surface area contributed by atoms with E-state index < -0.39 is 8.07 Å². The number of pyridine rings is 1. The van der Waals surface area contributed by atoms with Crippen LogP contribution in [-0.4, -0.2) is 13.1 Å². The van der Waals surface area contributed by atoms with Crippen LogP contribution >= 0.6 is 0 Å². The molecule has 0 radical (unpaired) electrons. The molecule has 1 aromatic heterocycles. The summed E-state index contributed by atoms with van der Waals surface area (Å²) in [6, 6.07) is 11.1.